The van der Waals surface area contributed by atoms with E-state index in [1.165, 1.54) is 0 Å². The van der Waals surface area contributed by atoms with Crippen molar-refractivity contribution in [3.05, 3.63) is 11.6 Å². The average molecular weight is 291 g/mol. The molecule has 2 aliphatic rings. The van der Waals surface area contributed by atoms with Gasteiger partial charge in [0.05, 0.1) is 0 Å². The number of rotatable bonds is 2. The Morgan fingerprint density at radius 2 is 1.81 bits per heavy atom. The van der Waals surface area contributed by atoms with E-state index in [1.807, 2.05) is 6.08 Å². The fourth-order valence-electron chi connectivity index (χ4n) is 3.60. The second kappa shape index (κ2) is 6.04. The Morgan fingerprint density at radius 1 is 1.19 bits per heavy atom. The van der Waals surface area contributed by atoms with Gasteiger partial charge in [0.1, 0.15) is 5.78 Å². The normalized spacial score (nSPS) is 26.4. The summed E-state index contributed by atoms with van der Waals surface area (Å²) in [6, 6.07) is 0.0107. The average Bonchev–Trinajstić information content (AvgIpc) is 2.75. The molecule has 0 aromatic rings. The first-order valence-electron chi connectivity index (χ1n) is 8.21. The van der Waals surface area contributed by atoms with Gasteiger partial charge in [0, 0.05) is 25.3 Å². The van der Waals surface area contributed by atoms with Crippen molar-refractivity contribution in [1.29, 1.82) is 0 Å². The molecule has 0 unspecified atom stereocenters. The van der Waals surface area contributed by atoms with Crippen molar-refractivity contribution in [3.63, 3.8) is 0 Å². The Kier molecular flexibility index (Phi) is 4.72. The lowest BCUT2D eigenvalue weighted by Crippen LogP contribution is -2.34. The number of carbonyl (C=O) groups is 2. The minimum Gasteiger partial charge on any atom is -0.327 e. The molecule has 1 spiro atoms. The van der Waals surface area contributed by atoms with Gasteiger partial charge in [-0.25, -0.2) is 0 Å². The molecule has 0 aliphatic heterocycles. The predicted octanol–water partition coefficient (Wildman–Crippen LogP) is 3.56. The zero-order valence-electron chi connectivity index (χ0n) is 13.7. The van der Waals surface area contributed by atoms with Gasteiger partial charge in [-0.1, -0.05) is 39.7 Å². The predicted molar refractivity (Wildman–Crippen MR) is 84.9 cm³/mol. The summed E-state index contributed by atoms with van der Waals surface area (Å²) in [6.45, 7) is 6.30. The fraction of sp³-hybridized carbons (Fsp3) is 0.778. The molecule has 0 saturated heterocycles. The maximum Gasteiger partial charge on any atom is 0.159 e. The molecule has 2 aliphatic carbocycles. The molecule has 0 aromatic carbocycles. The van der Waals surface area contributed by atoms with Crippen LogP contribution in [-0.4, -0.2) is 17.6 Å². The van der Waals surface area contributed by atoms with E-state index in [9.17, 15) is 9.59 Å². The molecule has 3 heteroatoms. The summed E-state index contributed by atoms with van der Waals surface area (Å²) in [6.07, 6.45) is 8.49. The topological polar surface area (TPSA) is 60.2 Å². The second-order valence-corrected chi connectivity index (χ2v) is 8.14. The van der Waals surface area contributed by atoms with Crippen molar-refractivity contribution >= 4 is 11.6 Å². The van der Waals surface area contributed by atoms with Crippen LogP contribution in [0.15, 0.2) is 11.6 Å². The quantitative estimate of drug-likeness (QED) is 0.791. The van der Waals surface area contributed by atoms with E-state index in [0.29, 0.717) is 31.3 Å². The number of ketones is 2. The van der Waals surface area contributed by atoms with Gasteiger partial charge in [-0.3, -0.25) is 9.59 Å². The van der Waals surface area contributed by atoms with Gasteiger partial charge in [0.2, 0.25) is 0 Å². The maximum absolute atomic E-state index is 12.5. The molecule has 0 bridgehead atoms. The second-order valence-electron chi connectivity index (χ2n) is 8.14. The number of Topliss-reactive ketones (excluding diaryl/α,β-unsaturated/α-hetero) is 2. The van der Waals surface area contributed by atoms with Crippen LogP contribution in [0.1, 0.15) is 72.1 Å². The Hall–Kier alpha value is -0.960. The van der Waals surface area contributed by atoms with E-state index < -0.39 is 0 Å². The maximum atomic E-state index is 12.5. The van der Waals surface area contributed by atoms with Crippen molar-refractivity contribution in [2.24, 2.45) is 16.6 Å². The molecule has 0 amide bonds. The molecule has 21 heavy (non-hydrogen) atoms. The van der Waals surface area contributed by atoms with Gasteiger partial charge in [-0.05, 0) is 35.7 Å². The standard InChI is InChI=1S/C18H29NO2/c1-17(2,3)16(19)7-6-13-10-14(20)11-18(12-15(13)21)8-4-5-9-18/h6,16H,4-5,7-12,19H2,1-3H3/b13-6-/t16-/m1/s1. The molecule has 2 fully saturated rings. The highest BCUT2D eigenvalue weighted by molar-refractivity contribution is 6.02. The number of carbonyl (C=O) groups excluding carboxylic acids is 2. The monoisotopic (exact) mass is 291 g/mol. The number of hydrogen-bond acceptors (Lipinski definition) is 3. The largest absolute Gasteiger partial charge is 0.327 e. The summed E-state index contributed by atoms with van der Waals surface area (Å²) >= 11 is 0. The first-order chi connectivity index (χ1) is 9.72. The van der Waals surface area contributed by atoms with Crippen LogP contribution in [0.5, 0.6) is 0 Å². The van der Waals surface area contributed by atoms with Gasteiger partial charge in [0.15, 0.2) is 5.78 Å². The molecule has 2 saturated carbocycles. The third kappa shape index (κ3) is 4.03. The zero-order chi connectivity index (χ0) is 15.7. The molecule has 1 atom stereocenters. The summed E-state index contributed by atoms with van der Waals surface area (Å²) in [4.78, 5) is 24.7. The molecular weight excluding hydrogens is 262 g/mol. The molecular formula is C18H29NO2. The molecule has 0 heterocycles. The third-order valence-corrected chi connectivity index (χ3v) is 5.25. The van der Waals surface area contributed by atoms with Crippen molar-refractivity contribution in [1.82, 2.24) is 0 Å². The van der Waals surface area contributed by atoms with Crippen LogP contribution in [0.25, 0.3) is 0 Å². The van der Waals surface area contributed by atoms with Crippen LogP contribution in [0.2, 0.25) is 0 Å². The van der Waals surface area contributed by atoms with Crippen molar-refractivity contribution in [3.8, 4) is 0 Å². The minimum absolute atomic E-state index is 0.0107. The lowest BCUT2D eigenvalue weighted by molar-refractivity contribution is -0.120. The smallest absolute Gasteiger partial charge is 0.159 e. The van der Waals surface area contributed by atoms with Crippen LogP contribution in [0.3, 0.4) is 0 Å². The Bertz CT molecular complexity index is 450. The van der Waals surface area contributed by atoms with Crippen LogP contribution in [0.4, 0.5) is 0 Å². The lowest BCUT2D eigenvalue weighted by Gasteiger charge is -2.26. The Labute approximate surface area is 128 Å². The first-order valence-corrected chi connectivity index (χ1v) is 8.21. The first kappa shape index (κ1) is 16.4. The Morgan fingerprint density at radius 3 is 2.38 bits per heavy atom. The van der Waals surface area contributed by atoms with Crippen molar-refractivity contribution < 1.29 is 9.59 Å². The van der Waals surface area contributed by atoms with E-state index in [0.717, 1.165) is 25.7 Å². The molecule has 2 rings (SSSR count). The zero-order valence-corrected chi connectivity index (χ0v) is 13.7. The number of allylic oxidation sites excluding steroid dienone is 1. The molecule has 0 aromatic heterocycles. The van der Waals surface area contributed by atoms with Crippen LogP contribution < -0.4 is 5.73 Å². The van der Waals surface area contributed by atoms with Crippen molar-refractivity contribution in [2.45, 2.75) is 78.2 Å². The summed E-state index contributed by atoms with van der Waals surface area (Å²) in [5.41, 5.74) is 6.87. The van der Waals surface area contributed by atoms with Gasteiger partial charge in [-0.15, -0.1) is 0 Å². The van der Waals surface area contributed by atoms with E-state index in [2.05, 4.69) is 20.8 Å². The SMILES string of the molecule is CC(C)(C)[C@H](N)C/C=C1/CC(=O)CC2(CCCC2)CC1=O. The summed E-state index contributed by atoms with van der Waals surface area (Å²) in [7, 11) is 0. The van der Waals surface area contributed by atoms with E-state index in [1.54, 1.807) is 0 Å². The van der Waals surface area contributed by atoms with Crippen LogP contribution >= 0.6 is 0 Å². The summed E-state index contributed by atoms with van der Waals surface area (Å²) in [5, 5.41) is 0. The molecule has 118 valence electrons. The number of nitrogens with two attached hydrogens (primary N) is 1. The van der Waals surface area contributed by atoms with Gasteiger partial charge < -0.3 is 5.73 Å². The summed E-state index contributed by atoms with van der Waals surface area (Å²) < 4.78 is 0. The third-order valence-electron chi connectivity index (χ3n) is 5.25. The van der Waals surface area contributed by atoms with E-state index in [4.69, 9.17) is 5.73 Å². The van der Waals surface area contributed by atoms with Gasteiger partial charge >= 0.3 is 0 Å². The van der Waals surface area contributed by atoms with Crippen LogP contribution in [-0.2, 0) is 9.59 Å². The molecule has 3 nitrogen and oxygen atoms in total. The van der Waals surface area contributed by atoms with Crippen LogP contribution in [0, 0.1) is 10.8 Å². The summed E-state index contributed by atoms with van der Waals surface area (Å²) in [5.74, 6) is 0.419. The highest BCUT2D eigenvalue weighted by Gasteiger charge is 2.40. The van der Waals surface area contributed by atoms with E-state index >= 15 is 0 Å². The molecule has 2 N–H and O–H groups in total. The van der Waals surface area contributed by atoms with Gasteiger partial charge in [0.25, 0.3) is 0 Å². The van der Waals surface area contributed by atoms with E-state index in [-0.39, 0.29) is 28.4 Å². The number of hydrogen-bond donors (Lipinski definition) is 1. The fourth-order valence-corrected chi connectivity index (χ4v) is 3.60. The van der Waals surface area contributed by atoms with Crippen molar-refractivity contribution in [2.75, 3.05) is 0 Å². The molecule has 0 radical (unpaired) electrons. The lowest BCUT2D eigenvalue weighted by atomic mass is 9.78. The highest BCUT2D eigenvalue weighted by Crippen LogP contribution is 2.46. The Balaban J connectivity index is 2.10. The highest BCUT2D eigenvalue weighted by atomic mass is 16.1. The van der Waals surface area contributed by atoms with Gasteiger partial charge in [-0.2, -0.15) is 0 Å². The minimum atomic E-state index is -0.0180.